The van der Waals surface area contributed by atoms with Gasteiger partial charge < -0.3 is 20.7 Å². The molecule has 3 aromatic rings. The lowest BCUT2D eigenvalue weighted by molar-refractivity contribution is -0.00622. The number of rotatable bonds is 4. The largest absolute Gasteiger partial charge is 0.397 e. The van der Waals surface area contributed by atoms with Crippen molar-refractivity contribution >= 4 is 39.0 Å². The molecule has 4 heterocycles. The number of aromatic nitrogens is 2. The maximum atomic E-state index is 13.0. The highest BCUT2D eigenvalue weighted by atomic mass is 32.1. The number of carbonyl (C=O) groups is 1. The number of hydrogen-bond donors (Lipinski definition) is 2. The van der Waals surface area contributed by atoms with Gasteiger partial charge in [0.25, 0.3) is 5.91 Å². The molecule has 0 unspecified atom stereocenters. The molecular weight excluding hydrogens is 434 g/mol. The topological polar surface area (TPSA) is 93.4 Å². The van der Waals surface area contributed by atoms with Crippen LogP contribution in [0, 0.1) is 12.8 Å². The average Bonchev–Trinajstić information content (AvgIpc) is 3.29. The Morgan fingerprint density at radius 2 is 2.12 bits per heavy atom. The van der Waals surface area contributed by atoms with Gasteiger partial charge in [0.2, 0.25) is 0 Å². The number of thiophene rings is 1. The summed E-state index contributed by atoms with van der Waals surface area (Å²) in [4.78, 5) is 26.2. The first-order chi connectivity index (χ1) is 15.8. The SMILES string of the molecule is CO[C@@]1(C)CN(c2ccc3c(n2)CC[C@H](NC(=O)c2sc4nc(C)ccc4c2N)C3)C[C@@H]1C. The lowest BCUT2D eigenvalue weighted by Crippen LogP contribution is -2.39. The van der Waals surface area contributed by atoms with Crippen LogP contribution < -0.4 is 16.0 Å². The van der Waals surface area contributed by atoms with E-state index in [4.69, 9.17) is 15.5 Å². The second-order valence-corrected chi connectivity index (χ2v) is 10.6. The third-order valence-corrected chi connectivity index (χ3v) is 8.47. The van der Waals surface area contributed by atoms with Gasteiger partial charge in [0.05, 0.1) is 11.3 Å². The molecule has 2 aliphatic rings. The van der Waals surface area contributed by atoms with Gasteiger partial charge in [-0.2, -0.15) is 0 Å². The molecule has 33 heavy (non-hydrogen) atoms. The van der Waals surface area contributed by atoms with Crippen LogP contribution in [0.3, 0.4) is 0 Å². The number of aryl methyl sites for hydroxylation is 2. The first-order valence-corrected chi connectivity index (χ1v) is 12.3. The van der Waals surface area contributed by atoms with Crippen LogP contribution in [0.25, 0.3) is 10.2 Å². The normalized spacial score (nSPS) is 24.8. The van der Waals surface area contributed by atoms with Gasteiger partial charge in [-0.15, -0.1) is 11.3 Å². The lowest BCUT2D eigenvalue weighted by atomic mass is 9.91. The number of hydrogen-bond acceptors (Lipinski definition) is 7. The standard InChI is InChI=1S/C25H31N5O2S/c1-14-12-30(13-25(14,3)32-4)20-10-6-16-11-17(7-9-19(16)29-20)28-23(31)22-21(26)18-8-5-15(2)27-24(18)33-22/h5-6,8,10,14,17H,7,9,11-13,26H2,1-4H3,(H,28,31)/t14-,17-,25-/m0/s1. The molecule has 0 saturated carbocycles. The summed E-state index contributed by atoms with van der Waals surface area (Å²) >= 11 is 1.36. The van der Waals surface area contributed by atoms with Gasteiger partial charge in [-0.05, 0) is 56.9 Å². The van der Waals surface area contributed by atoms with Crippen molar-refractivity contribution in [3.8, 4) is 0 Å². The second-order valence-electron chi connectivity index (χ2n) is 9.64. The van der Waals surface area contributed by atoms with E-state index in [9.17, 15) is 4.79 Å². The summed E-state index contributed by atoms with van der Waals surface area (Å²) < 4.78 is 5.77. The van der Waals surface area contributed by atoms with E-state index in [2.05, 4.69) is 41.2 Å². The van der Waals surface area contributed by atoms with Crippen molar-refractivity contribution in [1.29, 1.82) is 0 Å². The van der Waals surface area contributed by atoms with Crippen molar-refractivity contribution < 1.29 is 9.53 Å². The molecule has 3 atom stereocenters. The Balaban J connectivity index is 1.28. The van der Waals surface area contributed by atoms with Crippen LogP contribution in [-0.2, 0) is 17.6 Å². The quantitative estimate of drug-likeness (QED) is 0.610. The van der Waals surface area contributed by atoms with E-state index in [1.54, 1.807) is 7.11 Å². The van der Waals surface area contributed by atoms with Gasteiger partial charge in [-0.3, -0.25) is 4.79 Å². The van der Waals surface area contributed by atoms with Crippen molar-refractivity contribution in [2.45, 2.75) is 51.7 Å². The molecule has 3 aromatic heterocycles. The Morgan fingerprint density at radius 1 is 1.30 bits per heavy atom. The highest BCUT2D eigenvalue weighted by molar-refractivity contribution is 7.21. The van der Waals surface area contributed by atoms with Crippen molar-refractivity contribution in [3.63, 3.8) is 0 Å². The molecule has 1 amide bonds. The van der Waals surface area contributed by atoms with E-state index >= 15 is 0 Å². The highest BCUT2D eigenvalue weighted by Crippen LogP contribution is 2.35. The van der Waals surface area contributed by atoms with Gasteiger partial charge in [-0.1, -0.05) is 13.0 Å². The Labute approximate surface area is 198 Å². The molecule has 0 spiro atoms. The number of methoxy groups -OCH3 is 1. The number of amides is 1. The van der Waals surface area contributed by atoms with Crippen molar-refractivity contribution in [1.82, 2.24) is 15.3 Å². The fraction of sp³-hybridized carbons (Fsp3) is 0.480. The van der Waals surface area contributed by atoms with Gasteiger partial charge >= 0.3 is 0 Å². The number of nitrogen functional groups attached to an aromatic ring is 1. The van der Waals surface area contributed by atoms with E-state index in [1.165, 1.54) is 16.9 Å². The summed E-state index contributed by atoms with van der Waals surface area (Å²) in [6.07, 6.45) is 2.49. The van der Waals surface area contributed by atoms with Crippen LogP contribution >= 0.6 is 11.3 Å². The maximum Gasteiger partial charge on any atom is 0.263 e. The molecule has 5 rings (SSSR count). The number of fused-ring (bicyclic) bond motifs is 2. The number of anilines is 2. The van der Waals surface area contributed by atoms with Crippen LogP contribution in [0.15, 0.2) is 24.3 Å². The summed E-state index contributed by atoms with van der Waals surface area (Å²) in [5, 5.41) is 4.04. The Bertz CT molecular complexity index is 1220. The predicted octanol–water partition coefficient (Wildman–Crippen LogP) is 3.73. The number of nitrogens with one attached hydrogen (secondary N) is 1. The minimum atomic E-state index is -0.143. The van der Waals surface area contributed by atoms with Gasteiger partial charge in [-0.25, -0.2) is 9.97 Å². The predicted molar refractivity (Wildman–Crippen MR) is 133 cm³/mol. The molecule has 3 N–H and O–H groups in total. The molecule has 0 aromatic carbocycles. The number of ether oxygens (including phenoxy) is 1. The van der Waals surface area contributed by atoms with E-state index in [-0.39, 0.29) is 17.6 Å². The summed E-state index contributed by atoms with van der Waals surface area (Å²) in [7, 11) is 1.79. The maximum absolute atomic E-state index is 13.0. The summed E-state index contributed by atoms with van der Waals surface area (Å²) in [5.74, 6) is 1.35. The summed E-state index contributed by atoms with van der Waals surface area (Å²) in [5.41, 5.74) is 9.91. The van der Waals surface area contributed by atoms with Crippen LogP contribution in [0.4, 0.5) is 11.5 Å². The highest BCUT2D eigenvalue weighted by Gasteiger charge is 2.41. The zero-order valence-electron chi connectivity index (χ0n) is 19.6. The fourth-order valence-electron chi connectivity index (χ4n) is 4.97. The summed E-state index contributed by atoms with van der Waals surface area (Å²) in [6.45, 7) is 8.13. The van der Waals surface area contributed by atoms with E-state index in [0.717, 1.165) is 59.8 Å². The first-order valence-electron chi connectivity index (χ1n) is 11.5. The van der Waals surface area contributed by atoms with E-state index in [1.807, 2.05) is 19.1 Å². The minimum absolute atomic E-state index is 0.0700. The van der Waals surface area contributed by atoms with Gasteiger partial charge in [0.15, 0.2) is 0 Å². The van der Waals surface area contributed by atoms with E-state index in [0.29, 0.717) is 16.5 Å². The zero-order valence-corrected chi connectivity index (χ0v) is 20.5. The monoisotopic (exact) mass is 465 g/mol. The molecule has 0 radical (unpaired) electrons. The molecule has 1 aliphatic heterocycles. The third kappa shape index (κ3) is 3.95. The Hall–Kier alpha value is -2.71. The molecule has 1 fully saturated rings. The van der Waals surface area contributed by atoms with Crippen LogP contribution in [0.2, 0.25) is 0 Å². The second kappa shape index (κ2) is 8.25. The van der Waals surface area contributed by atoms with Crippen molar-refractivity contribution in [2.24, 2.45) is 5.92 Å². The number of nitrogens with zero attached hydrogens (tertiary/aromatic N) is 3. The number of nitrogens with two attached hydrogens (primary N) is 1. The van der Waals surface area contributed by atoms with E-state index < -0.39 is 0 Å². The van der Waals surface area contributed by atoms with Crippen molar-refractivity contribution in [2.75, 3.05) is 30.8 Å². The molecule has 174 valence electrons. The van der Waals surface area contributed by atoms with Gasteiger partial charge in [0, 0.05) is 48.9 Å². The third-order valence-electron chi connectivity index (χ3n) is 7.36. The van der Waals surface area contributed by atoms with Crippen LogP contribution in [-0.4, -0.2) is 47.7 Å². The molecule has 1 aliphatic carbocycles. The summed E-state index contributed by atoms with van der Waals surface area (Å²) in [6, 6.07) is 8.21. The Morgan fingerprint density at radius 3 is 2.88 bits per heavy atom. The van der Waals surface area contributed by atoms with Crippen molar-refractivity contribution in [3.05, 3.63) is 46.1 Å². The molecule has 0 bridgehead atoms. The minimum Gasteiger partial charge on any atom is -0.397 e. The van der Waals surface area contributed by atoms with Crippen LogP contribution in [0.5, 0.6) is 0 Å². The number of pyridine rings is 2. The molecule has 7 nitrogen and oxygen atoms in total. The molecular formula is C25H31N5O2S. The Kier molecular flexibility index (Phi) is 5.53. The van der Waals surface area contributed by atoms with Gasteiger partial charge in [0.1, 0.15) is 15.5 Å². The zero-order chi connectivity index (χ0) is 23.3. The lowest BCUT2D eigenvalue weighted by Gasteiger charge is -2.28. The smallest absolute Gasteiger partial charge is 0.263 e. The average molecular weight is 466 g/mol. The first kappa shape index (κ1) is 22.1. The van der Waals surface area contributed by atoms with Crippen LogP contribution in [0.1, 0.15) is 46.9 Å². The number of carbonyl (C=O) groups excluding carboxylic acids is 1. The molecule has 8 heteroatoms. The fourth-order valence-corrected chi connectivity index (χ4v) is 6.01. The molecule has 1 saturated heterocycles.